The smallest absolute Gasteiger partial charge is 0.281 e. The Morgan fingerprint density at radius 1 is 1.36 bits per heavy atom. The third-order valence-electron chi connectivity index (χ3n) is 4.20. The third-order valence-corrected chi connectivity index (χ3v) is 4.46. The highest BCUT2D eigenvalue weighted by molar-refractivity contribution is 6.30. The molecule has 1 amide bonds. The normalized spacial score (nSPS) is 15.6. The topological polar surface area (TPSA) is 102 Å². The number of benzene rings is 1. The van der Waals surface area contributed by atoms with Crippen molar-refractivity contribution in [1.82, 2.24) is 14.5 Å². The summed E-state index contributed by atoms with van der Waals surface area (Å²) < 4.78 is 1.52. The molecule has 2 aliphatic heterocycles. The van der Waals surface area contributed by atoms with Gasteiger partial charge >= 0.3 is 0 Å². The summed E-state index contributed by atoms with van der Waals surface area (Å²) in [4.78, 5) is 27.9. The summed E-state index contributed by atoms with van der Waals surface area (Å²) in [7, 11) is 1.66. The van der Waals surface area contributed by atoms with Gasteiger partial charge in [-0.3, -0.25) is 19.6 Å². The molecule has 126 valence electrons. The second kappa shape index (κ2) is 5.80. The van der Waals surface area contributed by atoms with Crippen LogP contribution in [0.5, 0.6) is 0 Å². The summed E-state index contributed by atoms with van der Waals surface area (Å²) in [6, 6.07) is 7.45. The van der Waals surface area contributed by atoms with Crippen molar-refractivity contribution >= 4 is 35.2 Å². The standard InChI is InChI=1S/C15H13ClN8O/c1-22-11-12(19-14(22)20-21-17)24(8-9-2-4-10(16)5-3-9)15-18-6-7-23(15)13(11)25/h2-5H,6-8H2,1H3. The van der Waals surface area contributed by atoms with E-state index in [9.17, 15) is 4.79 Å². The first-order valence-electron chi connectivity index (χ1n) is 7.60. The van der Waals surface area contributed by atoms with E-state index in [1.165, 1.54) is 4.57 Å². The molecule has 0 aliphatic carbocycles. The number of hydrogen-bond donors (Lipinski definition) is 0. The van der Waals surface area contributed by atoms with Gasteiger partial charge in [0.2, 0.25) is 5.96 Å². The molecular weight excluding hydrogens is 344 g/mol. The third kappa shape index (κ3) is 2.41. The Morgan fingerprint density at radius 2 is 2.12 bits per heavy atom. The summed E-state index contributed by atoms with van der Waals surface area (Å²) in [5, 5.41) is 4.22. The van der Waals surface area contributed by atoms with Crippen molar-refractivity contribution in [2.45, 2.75) is 6.54 Å². The average Bonchev–Trinajstić information content (AvgIpc) is 3.20. The fraction of sp³-hybridized carbons (Fsp3) is 0.267. The maximum Gasteiger partial charge on any atom is 0.281 e. The van der Waals surface area contributed by atoms with Crippen LogP contribution in [0.2, 0.25) is 5.02 Å². The Labute approximate surface area is 147 Å². The van der Waals surface area contributed by atoms with Gasteiger partial charge in [0.25, 0.3) is 5.91 Å². The van der Waals surface area contributed by atoms with Crippen LogP contribution in [0.25, 0.3) is 10.4 Å². The number of carbonyl (C=O) groups is 1. The van der Waals surface area contributed by atoms with Gasteiger partial charge in [-0.2, -0.15) is 0 Å². The van der Waals surface area contributed by atoms with Gasteiger partial charge in [-0.05, 0) is 28.3 Å². The van der Waals surface area contributed by atoms with Gasteiger partial charge in [0, 0.05) is 23.5 Å². The number of nitrogens with zero attached hydrogens (tertiary/aromatic N) is 8. The number of guanidine groups is 1. The van der Waals surface area contributed by atoms with E-state index in [2.05, 4.69) is 20.0 Å². The number of carbonyl (C=O) groups excluding carboxylic acids is 1. The minimum absolute atomic E-state index is 0.142. The molecule has 2 aromatic rings. The van der Waals surface area contributed by atoms with Crippen LogP contribution in [0.4, 0.5) is 11.8 Å². The van der Waals surface area contributed by atoms with Gasteiger partial charge in [0.1, 0.15) is 0 Å². The summed E-state index contributed by atoms with van der Waals surface area (Å²) in [5.41, 5.74) is 10.1. The molecule has 0 fully saturated rings. The number of aromatic nitrogens is 2. The van der Waals surface area contributed by atoms with E-state index >= 15 is 0 Å². The molecule has 0 spiro atoms. The minimum Gasteiger partial charge on any atom is -0.320 e. The number of halogens is 1. The number of anilines is 1. The lowest BCUT2D eigenvalue weighted by molar-refractivity contribution is 0.0842. The van der Waals surface area contributed by atoms with Gasteiger partial charge < -0.3 is 4.57 Å². The van der Waals surface area contributed by atoms with Crippen LogP contribution in [0, 0.1) is 0 Å². The summed E-state index contributed by atoms with van der Waals surface area (Å²) in [6.45, 7) is 1.54. The molecule has 0 N–H and O–H groups in total. The Hall–Kier alpha value is -3.03. The lowest BCUT2D eigenvalue weighted by atomic mass is 10.2. The number of azide groups is 1. The highest BCUT2D eigenvalue weighted by Gasteiger charge is 2.41. The molecule has 1 aromatic carbocycles. The molecule has 4 rings (SSSR count). The van der Waals surface area contributed by atoms with Crippen LogP contribution in [0.1, 0.15) is 16.1 Å². The Balaban J connectivity index is 1.83. The van der Waals surface area contributed by atoms with E-state index in [0.29, 0.717) is 42.1 Å². The van der Waals surface area contributed by atoms with Gasteiger partial charge in [0.15, 0.2) is 17.5 Å². The lowest BCUT2D eigenvalue weighted by Crippen LogP contribution is -2.50. The van der Waals surface area contributed by atoms with E-state index in [1.807, 2.05) is 29.2 Å². The number of rotatable bonds is 3. The first kappa shape index (κ1) is 15.5. The molecule has 0 bridgehead atoms. The summed E-state index contributed by atoms with van der Waals surface area (Å²) >= 11 is 5.95. The molecule has 0 saturated heterocycles. The van der Waals surface area contributed by atoms with Crippen molar-refractivity contribution < 1.29 is 4.79 Å². The van der Waals surface area contributed by atoms with Crippen LogP contribution in [-0.4, -0.2) is 39.4 Å². The van der Waals surface area contributed by atoms with Crippen molar-refractivity contribution in [3.8, 4) is 0 Å². The zero-order chi connectivity index (χ0) is 17.6. The number of hydrogen-bond acceptors (Lipinski definition) is 5. The van der Waals surface area contributed by atoms with E-state index < -0.39 is 0 Å². The zero-order valence-corrected chi connectivity index (χ0v) is 14.1. The largest absolute Gasteiger partial charge is 0.320 e. The first-order chi connectivity index (χ1) is 12.1. The number of fused-ring (bicyclic) bond motifs is 2. The predicted molar refractivity (Wildman–Crippen MR) is 93.0 cm³/mol. The van der Waals surface area contributed by atoms with Crippen LogP contribution < -0.4 is 4.90 Å². The molecular formula is C15H13ClN8O. The lowest BCUT2D eigenvalue weighted by Gasteiger charge is -2.33. The van der Waals surface area contributed by atoms with Crippen LogP contribution in [0.15, 0.2) is 34.4 Å². The molecule has 9 nitrogen and oxygen atoms in total. The van der Waals surface area contributed by atoms with Crippen LogP contribution >= 0.6 is 11.6 Å². The van der Waals surface area contributed by atoms with Gasteiger partial charge in [-0.25, -0.2) is 4.98 Å². The average molecular weight is 357 g/mol. The number of aliphatic imine (C=N–C) groups is 1. The Bertz CT molecular complexity index is 941. The van der Waals surface area contributed by atoms with Crippen LogP contribution in [0.3, 0.4) is 0 Å². The maximum atomic E-state index is 12.8. The predicted octanol–water partition coefficient (Wildman–Crippen LogP) is 2.85. The van der Waals surface area contributed by atoms with Gasteiger partial charge in [-0.1, -0.05) is 23.7 Å². The van der Waals surface area contributed by atoms with Gasteiger partial charge in [-0.15, -0.1) is 0 Å². The summed E-state index contributed by atoms with van der Waals surface area (Å²) in [6.07, 6.45) is 0. The SMILES string of the molecule is Cn1c(N=[N+]=[N-])nc2c1C(=O)N1CCN=C1N2Cc1ccc(Cl)cc1. The molecule has 10 heteroatoms. The molecule has 1 aromatic heterocycles. The number of imidazole rings is 1. The molecule has 0 saturated carbocycles. The Morgan fingerprint density at radius 3 is 2.84 bits per heavy atom. The van der Waals surface area contributed by atoms with Crippen molar-refractivity contribution in [2.24, 2.45) is 17.2 Å². The monoisotopic (exact) mass is 356 g/mol. The molecule has 0 radical (unpaired) electrons. The van der Waals surface area contributed by atoms with E-state index in [4.69, 9.17) is 17.1 Å². The molecule has 2 aliphatic rings. The van der Waals surface area contributed by atoms with E-state index in [1.54, 1.807) is 11.9 Å². The van der Waals surface area contributed by atoms with Crippen molar-refractivity contribution in [1.29, 1.82) is 0 Å². The second-order valence-corrected chi connectivity index (χ2v) is 6.12. The zero-order valence-electron chi connectivity index (χ0n) is 13.3. The Kier molecular flexibility index (Phi) is 3.60. The van der Waals surface area contributed by atoms with Crippen molar-refractivity contribution in [2.75, 3.05) is 18.0 Å². The quantitative estimate of drug-likeness (QED) is 0.479. The molecule has 25 heavy (non-hydrogen) atoms. The van der Waals surface area contributed by atoms with E-state index in [-0.39, 0.29) is 11.9 Å². The van der Waals surface area contributed by atoms with Crippen LogP contribution in [-0.2, 0) is 13.6 Å². The fourth-order valence-electron chi connectivity index (χ4n) is 3.03. The van der Waals surface area contributed by atoms with Crippen molar-refractivity contribution in [3.05, 3.63) is 51.0 Å². The minimum atomic E-state index is -0.187. The molecule has 0 unspecified atom stereocenters. The molecule has 3 heterocycles. The first-order valence-corrected chi connectivity index (χ1v) is 7.98. The number of amides is 1. The highest BCUT2D eigenvalue weighted by Crippen LogP contribution is 2.33. The van der Waals surface area contributed by atoms with Crippen molar-refractivity contribution in [3.63, 3.8) is 0 Å². The molecule has 0 atom stereocenters. The van der Waals surface area contributed by atoms with Gasteiger partial charge in [0.05, 0.1) is 13.1 Å². The fourth-order valence-corrected chi connectivity index (χ4v) is 3.15. The second-order valence-electron chi connectivity index (χ2n) is 5.68. The summed E-state index contributed by atoms with van der Waals surface area (Å²) in [5.74, 6) is 0.969. The highest BCUT2D eigenvalue weighted by atomic mass is 35.5. The van der Waals surface area contributed by atoms with E-state index in [0.717, 1.165) is 5.56 Å². The maximum absolute atomic E-state index is 12.8.